The third-order valence-electron chi connectivity index (χ3n) is 3.70. The van der Waals surface area contributed by atoms with Gasteiger partial charge in [-0.15, -0.1) is 0 Å². The first-order valence-corrected chi connectivity index (χ1v) is 7.48. The molecule has 0 atom stereocenters. The quantitative estimate of drug-likeness (QED) is 0.705. The van der Waals surface area contributed by atoms with E-state index in [0.29, 0.717) is 18.0 Å². The standard InChI is InChI=1S/C20H19NO2/c1-22-19-13-7-11-17(20(19)21)16-10-5-6-12-18(16)23-14-15-8-3-2-4-9-15/h2-13H,14,21H2,1H3. The zero-order valence-corrected chi connectivity index (χ0v) is 13.0. The van der Waals surface area contributed by atoms with Crippen LogP contribution in [0.3, 0.4) is 0 Å². The minimum absolute atomic E-state index is 0.516. The predicted octanol–water partition coefficient (Wildman–Crippen LogP) is 4.52. The van der Waals surface area contributed by atoms with Crippen molar-refractivity contribution in [1.82, 2.24) is 0 Å². The van der Waals surface area contributed by atoms with Crippen molar-refractivity contribution in [2.75, 3.05) is 12.8 Å². The molecule has 0 aliphatic rings. The maximum Gasteiger partial charge on any atom is 0.142 e. The van der Waals surface area contributed by atoms with Gasteiger partial charge in [0.05, 0.1) is 12.8 Å². The molecular formula is C20H19NO2. The van der Waals surface area contributed by atoms with Crippen molar-refractivity contribution in [1.29, 1.82) is 0 Å². The number of nitrogen functional groups attached to an aromatic ring is 1. The molecule has 0 amide bonds. The molecule has 3 aromatic rings. The molecule has 3 aromatic carbocycles. The van der Waals surface area contributed by atoms with Crippen LogP contribution >= 0.6 is 0 Å². The fourth-order valence-electron chi connectivity index (χ4n) is 2.51. The number of rotatable bonds is 5. The summed E-state index contributed by atoms with van der Waals surface area (Å²) >= 11 is 0. The number of para-hydroxylation sites is 2. The molecule has 0 unspecified atom stereocenters. The van der Waals surface area contributed by atoms with E-state index in [1.807, 2.05) is 72.8 Å². The van der Waals surface area contributed by atoms with Crippen molar-refractivity contribution in [3.05, 3.63) is 78.4 Å². The second-order valence-electron chi connectivity index (χ2n) is 5.19. The van der Waals surface area contributed by atoms with Gasteiger partial charge in [-0.2, -0.15) is 0 Å². The molecule has 2 N–H and O–H groups in total. The van der Waals surface area contributed by atoms with E-state index in [9.17, 15) is 0 Å². The topological polar surface area (TPSA) is 44.5 Å². The maximum atomic E-state index is 6.22. The molecule has 0 bridgehead atoms. The van der Waals surface area contributed by atoms with Gasteiger partial charge in [0.1, 0.15) is 18.1 Å². The Morgan fingerprint density at radius 2 is 1.39 bits per heavy atom. The molecule has 0 saturated heterocycles. The number of hydrogen-bond donors (Lipinski definition) is 1. The van der Waals surface area contributed by atoms with Gasteiger partial charge in [0, 0.05) is 11.1 Å². The zero-order chi connectivity index (χ0) is 16.1. The van der Waals surface area contributed by atoms with Crippen molar-refractivity contribution in [2.45, 2.75) is 6.61 Å². The van der Waals surface area contributed by atoms with Crippen LogP contribution < -0.4 is 15.2 Å². The van der Waals surface area contributed by atoms with Crippen LogP contribution in [-0.4, -0.2) is 7.11 Å². The highest BCUT2D eigenvalue weighted by atomic mass is 16.5. The van der Waals surface area contributed by atoms with E-state index in [0.717, 1.165) is 22.4 Å². The molecule has 0 spiro atoms. The van der Waals surface area contributed by atoms with Crippen LogP contribution in [0.5, 0.6) is 11.5 Å². The summed E-state index contributed by atoms with van der Waals surface area (Å²) in [5.41, 5.74) is 9.83. The zero-order valence-electron chi connectivity index (χ0n) is 13.0. The summed E-state index contributed by atoms with van der Waals surface area (Å²) in [4.78, 5) is 0. The van der Waals surface area contributed by atoms with Gasteiger partial charge in [0.25, 0.3) is 0 Å². The van der Waals surface area contributed by atoms with E-state index in [1.54, 1.807) is 7.11 Å². The molecular weight excluding hydrogens is 286 g/mol. The first-order valence-electron chi connectivity index (χ1n) is 7.48. The minimum Gasteiger partial charge on any atom is -0.495 e. The van der Waals surface area contributed by atoms with Crippen molar-refractivity contribution in [2.24, 2.45) is 0 Å². The van der Waals surface area contributed by atoms with Crippen LogP contribution in [0, 0.1) is 0 Å². The van der Waals surface area contributed by atoms with Gasteiger partial charge in [-0.1, -0.05) is 60.7 Å². The van der Waals surface area contributed by atoms with E-state index in [2.05, 4.69) is 0 Å². The summed E-state index contributed by atoms with van der Waals surface area (Å²) in [6, 6.07) is 23.7. The van der Waals surface area contributed by atoms with Gasteiger partial charge in [-0.25, -0.2) is 0 Å². The Morgan fingerprint density at radius 1 is 0.739 bits per heavy atom. The molecule has 0 radical (unpaired) electrons. The van der Waals surface area contributed by atoms with E-state index in [1.165, 1.54) is 0 Å². The Balaban J connectivity index is 1.92. The fourth-order valence-corrected chi connectivity index (χ4v) is 2.51. The Labute approximate surface area is 136 Å². The van der Waals surface area contributed by atoms with Crippen LogP contribution in [0.15, 0.2) is 72.8 Å². The fraction of sp³-hybridized carbons (Fsp3) is 0.100. The third-order valence-corrected chi connectivity index (χ3v) is 3.70. The predicted molar refractivity (Wildman–Crippen MR) is 93.6 cm³/mol. The van der Waals surface area contributed by atoms with E-state index in [4.69, 9.17) is 15.2 Å². The third kappa shape index (κ3) is 3.29. The Bertz CT molecular complexity index is 785. The Morgan fingerprint density at radius 3 is 2.17 bits per heavy atom. The summed E-state index contributed by atoms with van der Waals surface area (Å²) in [5.74, 6) is 1.47. The largest absolute Gasteiger partial charge is 0.495 e. The second kappa shape index (κ2) is 6.88. The lowest BCUT2D eigenvalue weighted by atomic mass is 10.0. The number of hydrogen-bond acceptors (Lipinski definition) is 3. The van der Waals surface area contributed by atoms with E-state index >= 15 is 0 Å². The van der Waals surface area contributed by atoms with Crippen LogP contribution in [-0.2, 0) is 6.61 Å². The number of nitrogens with two attached hydrogens (primary N) is 1. The van der Waals surface area contributed by atoms with Crippen LogP contribution in [0.4, 0.5) is 5.69 Å². The summed E-state index contributed by atoms with van der Waals surface area (Å²) in [5, 5.41) is 0. The number of ether oxygens (including phenoxy) is 2. The Hall–Kier alpha value is -2.94. The lowest BCUT2D eigenvalue weighted by Gasteiger charge is -2.14. The number of anilines is 1. The molecule has 3 rings (SSSR count). The second-order valence-corrected chi connectivity index (χ2v) is 5.19. The molecule has 0 aliphatic heterocycles. The highest BCUT2D eigenvalue weighted by Gasteiger charge is 2.12. The minimum atomic E-state index is 0.516. The van der Waals surface area contributed by atoms with Gasteiger partial charge >= 0.3 is 0 Å². The molecule has 23 heavy (non-hydrogen) atoms. The molecule has 0 fully saturated rings. The first kappa shape index (κ1) is 15.0. The molecule has 116 valence electrons. The average molecular weight is 305 g/mol. The van der Waals surface area contributed by atoms with Crippen LogP contribution in [0.1, 0.15) is 5.56 Å². The van der Waals surface area contributed by atoms with Gasteiger partial charge in [0.2, 0.25) is 0 Å². The van der Waals surface area contributed by atoms with Gasteiger partial charge in [0.15, 0.2) is 0 Å². The lowest BCUT2D eigenvalue weighted by molar-refractivity contribution is 0.307. The van der Waals surface area contributed by atoms with Crippen molar-refractivity contribution in [3.8, 4) is 22.6 Å². The molecule has 3 nitrogen and oxygen atoms in total. The molecule has 0 aromatic heterocycles. The summed E-state index contributed by atoms with van der Waals surface area (Å²) < 4.78 is 11.3. The summed E-state index contributed by atoms with van der Waals surface area (Å²) in [7, 11) is 1.62. The number of methoxy groups -OCH3 is 1. The molecule has 0 heterocycles. The monoisotopic (exact) mass is 305 g/mol. The summed E-state index contributed by atoms with van der Waals surface area (Å²) in [6.45, 7) is 0.516. The normalized spacial score (nSPS) is 10.3. The van der Waals surface area contributed by atoms with Gasteiger partial charge in [-0.3, -0.25) is 0 Å². The molecule has 0 aliphatic carbocycles. The van der Waals surface area contributed by atoms with Gasteiger partial charge < -0.3 is 15.2 Å². The van der Waals surface area contributed by atoms with Crippen LogP contribution in [0.25, 0.3) is 11.1 Å². The molecule has 3 heteroatoms. The maximum absolute atomic E-state index is 6.22. The van der Waals surface area contributed by atoms with E-state index < -0.39 is 0 Å². The smallest absolute Gasteiger partial charge is 0.142 e. The Kier molecular flexibility index (Phi) is 4.48. The number of benzene rings is 3. The first-order chi connectivity index (χ1) is 11.3. The van der Waals surface area contributed by atoms with Crippen molar-refractivity contribution in [3.63, 3.8) is 0 Å². The average Bonchev–Trinajstić information content (AvgIpc) is 2.61. The lowest BCUT2D eigenvalue weighted by Crippen LogP contribution is -1.99. The van der Waals surface area contributed by atoms with Crippen molar-refractivity contribution >= 4 is 5.69 Å². The highest BCUT2D eigenvalue weighted by Crippen LogP contribution is 2.38. The van der Waals surface area contributed by atoms with Crippen molar-refractivity contribution < 1.29 is 9.47 Å². The highest BCUT2D eigenvalue weighted by molar-refractivity contribution is 5.83. The SMILES string of the molecule is COc1cccc(-c2ccccc2OCc2ccccc2)c1N. The van der Waals surface area contributed by atoms with E-state index in [-0.39, 0.29) is 0 Å². The molecule has 0 saturated carbocycles. The van der Waals surface area contributed by atoms with Crippen LogP contribution in [0.2, 0.25) is 0 Å². The summed E-state index contributed by atoms with van der Waals surface area (Å²) in [6.07, 6.45) is 0. The van der Waals surface area contributed by atoms with Gasteiger partial charge in [-0.05, 0) is 17.7 Å².